The van der Waals surface area contributed by atoms with Gasteiger partial charge in [0.15, 0.2) is 5.69 Å². The van der Waals surface area contributed by atoms with Crippen LogP contribution in [0.5, 0.6) is 0 Å². The fourth-order valence-corrected chi connectivity index (χ4v) is 2.44. The lowest BCUT2D eigenvalue weighted by Gasteiger charge is -2.22. The van der Waals surface area contributed by atoms with Crippen molar-refractivity contribution >= 4 is 17.7 Å². The summed E-state index contributed by atoms with van der Waals surface area (Å²) in [4.78, 5) is 30.0. The Bertz CT molecular complexity index is 753. The molecular formula is C20H27N3O4. The molecule has 7 heteroatoms. The van der Waals surface area contributed by atoms with E-state index in [-0.39, 0.29) is 24.2 Å². The first-order chi connectivity index (χ1) is 12.9. The predicted octanol–water partition coefficient (Wildman–Crippen LogP) is 4.10. The van der Waals surface area contributed by atoms with Gasteiger partial charge >= 0.3 is 12.0 Å². The second-order valence-electron chi connectivity index (χ2n) is 6.70. The third-order valence-electron chi connectivity index (χ3n) is 4.15. The molecule has 2 amide bonds. The highest BCUT2D eigenvalue weighted by Gasteiger charge is 2.19. The number of aryl methyl sites for hydroxylation is 1. The number of nitrogens with one attached hydrogen (secondary N) is 1. The molecule has 1 aromatic heterocycles. The average Bonchev–Trinajstić information content (AvgIpc) is 3.13. The normalized spacial score (nSPS) is 10.7. The minimum absolute atomic E-state index is 0.0897. The number of hydrogen-bond acceptors (Lipinski definition) is 5. The summed E-state index contributed by atoms with van der Waals surface area (Å²) in [5.41, 5.74) is 2.03. The van der Waals surface area contributed by atoms with Crippen molar-refractivity contribution in [3.63, 3.8) is 0 Å². The van der Waals surface area contributed by atoms with E-state index >= 15 is 0 Å². The summed E-state index contributed by atoms with van der Waals surface area (Å²) in [6.07, 6.45) is 3.03. The van der Waals surface area contributed by atoms with Crippen LogP contribution in [0.2, 0.25) is 0 Å². The SMILES string of the molecule is CCc1ccc(NC(=O)N(CCC(C)C)Cc2nc(C(=O)OC)co2)cc1. The summed E-state index contributed by atoms with van der Waals surface area (Å²) >= 11 is 0. The maximum absolute atomic E-state index is 12.7. The molecule has 7 nitrogen and oxygen atoms in total. The average molecular weight is 373 g/mol. The van der Waals surface area contributed by atoms with E-state index < -0.39 is 5.97 Å². The number of amides is 2. The maximum Gasteiger partial charge on any atom is 0.360 e. The molecule has 1 heterocycles. The molecule has 0 saturated carbocycles. The first kappa shape index (κ1) is 20.5. The van der Waals surface area contributed by atoms with E-state index in [0.717, 1.165) is 18.5 Å². The maximum atomic E-state index is 12.7. The molecule has 0 unspecified atom stereocenters. The number of hydrogen-bond donors (Lipinski definition) is 1. The summed E-state index contributed by atoms with van der Waals surface area (Å²) in [5, 5.41) is 2.90. The smallest absolute Gasteiger partial charge is 0.360 e. The number of ether oxygens (including phenoxy) is 1. The van der Waals surface area contributed by atoms with Gasteiger partial charge in [-0.2, -0.15) is 0 Å². The zero-order valence-corrected chi connectivity index (χ0v) is 16.3. The number of carbonyl (C=O) groups excluding carboxylic acids is 2. The monoisotopic (exact) mass is 373 g/mol. The van der Waals surface area contributed by atoms with E-state index in [1.165, 1.54) is 18.9 Å². The van der Waals surface area contributed by atoms with E-state index in [1.807, 2.05) is 24.3 Å². The molecule has 2 rings (SSSR count). The number of methoxy groups -OCH3 is 1. The standard InChI is InChI=1S/C20H27N3O4/c1-5-15-6-8-16(9-7-15)21-20(25)23(11-10-14(2)3)12-18-22-17(13-27-18)19(24)26-4/h6-9,13-14H,5,10-12H2,1-4H3,(H,21,25). The molecule has 2 aromatic rings. The number of benzene rings is 1. The van der Waals surface area contributed by atoms with E-state index in [1.54, 1.807) is 4.90 Å². The van der Waals surface area contributed by atoms with Crippen LogP contribution in [0, 0.1) is 5.92 Å². The fourth-order valence-electron chi connectivity index (χ4n) is 2.44. The zero-order valence-electron chi connectivity index (χ0n) is 16.3. The number of oxazole rings is 1. The fraction of sp³-hybridized carbons (Fsp3) is 0.450. The van der Waals surface area contributed by atoms with Gasteiger partial charge in [0.2, 0.25) is 5.89 Å². The molecule has 0 aliphatic rings. The number of anilines is 1. The van der Waals surface area contributed by atoms with E-state index in [4.69, 9.17) is 4.42 Å². The van der Waals surface area contributed by atoms with Gasteiger partial charge in [0.05, 0.1) is 13.7 Å². The van der Waals surface area contributed by atoms with E-state index in [9.17, 15) is 9.59 Å². The number of esters is 1. The van der Waals surface area contributed by atoms with Crippen molar-refractivity contribution in [2.24, 2.45) is 5.92 Å². The van der Waals surface area contributed by atoms with Crippen molar-refractivity contribution in [3.8, 4) is 0 Å². The number of aromatic nitrogens is 1. The topological polar surface area (TPSA) is 84.7 Å². The lowest BCUT2D eigenvalue weighted by Crippen LogP contribution is -2.36. The summed E-state index contributed by atoms with van der Waals surface area (Å²) in [6, 6.07) is 7.52. The van der Waals surface area contributed by atoms with Gasteiger partial charge in [-0.05, 0) is 36.5 Å². The highest BCUT2D eigenvalue weighted by atomic mass is 16.5. The van der Waals surface area contributed by atoms with Gasteiger partial charge in [-0.3, -0.25) is 0 Å². The predicted molar refractivity (Wildman–Crippen MR) is 103 cm³/mol. The van der Waals surface area contributed by atoms with Crippen molar-refractivity contribution in [1.29, 1.82) is 0 Å². The molecule has 0 spiro atoms. The van der Waals surface area contributed by atoms with Crippen LogP contribution in [0.3, 0.4) is 0 Å². The quantitative estimate of drug-likeness (QED) is 0.704. The van der Waals surface area contributed by atoms with Gasteiger partial charge in [0.1, 0.15) is 6.26 Å². The number of carbonyl (C=O) groups is 2. The Morgan fingerprint density at radius 1 is 1.26 bits per heavy atom. The molecule has 0 aliphatic carbocycles. The van der Waals surface area contributed by atoms with Crippen LogP contribution >= 0.6 is 0 Å². The Labute approximate surface area is 159 Å². The summed E-state index contributed by atoms with van der Waals surface area (Å²) in [6.45, 7) is 7.00. The Morgan fingerprint density at radius 3 is 2.56 bits per heavy atom. The number of nitrogens with zero attached hydrogens (tertiary/aromatic N) is 2. The summed E-state index contributed by atoms with van der Waals surface area (Å²) < 4.78 is 9.95. The molecule has 0 atom stereocenters. The van der Waals surface area contributed by atoms with Gasteiger partial charge < -0.3 is 19.4 Å². The molecule has 0 aliphatic heterocycles. The molecule has 146 valence electrons. The van der Waals surface area contributed by atoms with Gasteiger partial charge in [-0.1, -0.05) is 32.9 Å². The minimum Gasteiger partial charge on any atom is -0.464 e. The molecular weight excluding hydrogens is 346 g/mol. The number of rotatable bonds is 8. The lowest BCUT2D eigenvalue weighted by atomic mass is 10.1. The zero-order chi connectivity index (χ0) is 19.8. The Hall–Kier alpha value is -2.83. The van der Waals surface area contributed by atoms with Gasteiger partial charge in [-0.25, -0.2) is 14.6 Å². The van der Waals surface area contributed by atoms with Crippen molar-refractivity contribution in [1.82, 2.24) is 9.88 Å². The third kappa shape index (κ3) is 6.13. The van der Waals surface area contributed by atoms with Crippen LogP contribution in [0.4, 0.5) is 10.5 Å². The molecule has 0 fully saturated rings. The van der Waals surface area contributed by atoms with Gasteiger partial charge in [0.25, 0.3) is 0 Å². The Morgan fingerprint density at radius 2 is 1.96 bits per heavy atom. The first-order valence-electron chi connectivity index (χ1n) is 9.10. The summed E-state index contributed by atoms with van der Waals surface area (Å²) in [5.74, 6) is 0.161. The molecule has 1 aromatic carbocycles. The van der Waals surface area contributed by atoms with Crippen molar-refractivity contribution in [3.05, 3.63) is 47.7 Å². The Kier molecular flexibility index (Phi) is 7.40. The molecule has 27 heavy (non-hydrogen) atoms. The van der Waals surface area contributed by atoms with Gasteiger partial charge in [0, 0.05) is 12.2 Å². The second-order valence-corrected chi connectivity index (χ2v) is 6.70. The molecule has 0 saturated heterocycles. The number of urea groups is 1. The highest BCUT2D eigenvalue weighted by molar-refractivity contribution is 5.89. The van der Waals surface area contributed by atoms with Crippen LogP contribution in [0.15, 0.2) is 34.9 Å². The van der Waals surface area contributed by atoms with Crippen molar-refractivity contribution in [2.75, 3.05) is 19.0 Å². The van der Waals surface area contributed by atoms with Crippen LogP contribution in [0.25, 0.3) is 0 Å². The molecule has 0 radical (unpaired) electrons. The van der Waals surface area contributed by atoms with E-state index in [2.05, 4.69) is 35.8 Å². The third-order valence-corrected chi connectivity index (χ3v) is 4.15. The summed E-state index contributed by atoms with van der Waals surface area (Å²) in [7, 11) is 1.28. The largest absolute Gasteiger partial charge is 0.464 e. The second kappa shape index (κ2) is 9.75. The minimum atomic E-state index is -0.570. The van der Waals surface area contributed by atoms with Crippen LogP contribution in [-0.2, 0) is 17.7 Å². The Balaban J connectivity index is 2.08. The lowest BCUT2D eigenvalue weighted by molar-refractivity contribution is 0.0594. The van der Waals surface area contributed by atoms with Crippen molar-refractivity contribution < 1.29 is 18.7 Å². The van der Waals surface area contributed by atoms with Crippen LogP contribution in [-0.4, -0.2) is 35.5 Å². The molecule has 0 bridgehead atoms. The van der Waals surface area contributed by atoms with Crippen LogP contribution in [0.1, 0.15) is 49.1 Å². The molecule has 1 N–H and O–H groups in total. The van der Waals surface area contributed by atoms with Gasteiger partial charge in [-0.15, -0.1) is 0 Å². The van der Waals surface area contributed by atoms with Crippen molar-refractivity contribution in [2.45, 2.75) is 40.2 Å². The van der Waals surface area contributed by atoms with E-state index in [0.29, 0.717) is 12.5 Å². The highest BCUT2D eigenvalue weighted by Crippen LogP contribution is 2.14. The first-order valence-corrected chi connectivity index (χ1v) is 9.10. The van der Waals surface area contributed by atoms with Crippen LogP contribution < -0.4 is 5.32 Å².